The van der Waals surface area contributed by atoms with Crippen molar-refractivity contribution >= 4 is 0 Å². The van der Waals surface area contributed by atoms with Gasteiger partial charge in [-0.2, -0.15) is 5.10 Å². The third kappa shape index (κ3) is 4.10. The number of aryl methyl sites for hydroxylation is 1. The molecule has 1 aromatic rings. The van der Waals surface area contributed by atoms with Gasteiger partial charge in [0.2, 0.25) is 0 Å². The fourth-order valence-electron chi connectivity index (χ4n) is 2.62. The fourth-order valence-corrected chi connectivity index (χ4v) is 2.62. The summed E-state index contributed by atoms with van der Waals surface area (Å²) in [6.07, 6.45) is 7.22. The lowest BCUT2D eigenvalue weighted by Gasteiger charge is -2.24. The summed E-state index contributed by atoms with van der Waals surface area (Å²) < 4.78 is 1.89. The van der Waals surface area contributed by atoms with Crippen LogP contribution in [0.4, 0.5) is 0 Å². The van der Waals surface area contributed by atoms with E-state index >= 15 is 0 Å². The SMILES string of the molecule is CCCCN(Cc1ccn(C)n1)CC1CCCN1. The molecular formula is C14H26N4. The molecule has 4 nitrogen and oxygen atoms in total. The first-order valence-electron chi connectivity index (χ1n) is 7.22. The van der Waals surface area contributed by atoms with Crippen molar-refractivity contribution in [3.8, 4) is 0 Å². The van der Waals surface area contributed by atoms with Crippen molar-refractivity contribution in [2.24, 2.45) is 7.05 Å². The number of aromatic nitrogens is 2. The Hall–Kier alpha value is -0.870. The molecule has 0 spiro atoms. The Morgan fingerprint density at radius 1 is 1.56 bits per heavy atom. The van der Waals surface area contributed by atoms with Gasteiger partial charge in [0.25, 0.3) is 0 Å². The Bertz CT molecular complexity index is 341. The third-order valence-electron chi connectivity index (χ3n) is 3.62. The average molecular weight is 250 g/mol. The minimum atomic E-state index is 0.686. The normalized spacial score (nSPS) is 19.8. The van der Waals surface area contributed by atoms with Crippen molar-refractivity contribution in [2.45, 2.75) is 45.2 Å². The van der Waals surface area contributed by atoms with Gasteiger partial charge in [-0.3, -0.25) is 9.58 Å². The predicted octanol–water partition coefficient (Wildman–Crippen LogP) is 1.77. The molecule has 0 amide bonds. The van der Waals surface area contributed by atoms with Crippen molar-refractivity contribution in [1.82, 2.24) is 20.0 Å². The molecule has 1 aliphatic heterocycles. The van der Waals surface area contributed by atoms with Crippen LogP contribution in [0.1, 0.15) is 38.3 Å². The standard InChI is InChI=1S/C14H26N4/c1-3-4-9-18(11-13-6-5-8-15-13)12-14-7-10-17(2)16-14/h7,10,13,15H,3-6,8-9,11-12H2,1-2H3. The van der Waals surface area contributed by atoms with Crippen LogP contribution < -0.4 is 5.32 Å². The third-order valence-corrected chi connectivity index (χ3v) is 3.62. The van der Waals surface area contributed by atoms with Crippen LogP contribution in [-0.4, -0.2) is 40.4 Å². The van der Waals surface area contributed by atoms with Gasteiger partial charge < -0.3 is 5.32 Å². The van der Waals surface area contributed by atoms with Gasteiger partial charge >= 0.3 is 0 Å². The predicted molar refractivity (Wildman–Crippen MR) is 74.4 cm³/mol. The number of hydrogen-bond donors (Lipinski definition) is 1. The Morgan fingerprint density at radius 3 is 3.06 bits per heavy atom. The van der Waals surface area contributed by atoms with E-state index in [0.717, 1.165) is 13.1 Å². The Labute approximate surface area is 110 Å². The molecular weight excluding hydrogens is 224 g/mol. The molecule has 0 aromatic carbocycles. The summed E-state index contributed by atoms with van der Waals surface area (Å²) in [4.78, 5) is 2.55. The lowest BCUT2D eigenvalue weighted by molar-refractivity contribution is 0.234. The molecule has 0 bridgehead atoms. The van der Waals surface area contributed by atoms with E-state index in [-0.39, 0.29) is 0 Å². The average Bonchev–Trinajstić information content (AvgIpc) is 2.98. The number of rotatable bonds is 7. The van der Waals surface area contributed by atoms with E-state index in [1.165, 1.54) is 44.5 Å². The molecule has 2 heterocycles. The summed E-state index contributed by atoms with van der Waals surface area (Å²) in [5.41, 5.74) is 1.19. The maximum absolute atomic E-state index is 4.49. The van der Waals surface area contributed by atoms with E-state index in [4.69, 9.17) is 0 Å². The minimum absolute atomic E-state index is 0.686. The number of hydrogen-bond acceptors (Lipinski definition) is 3. The van der Waals surface area contributed by atoms with E-state index in [9.17, 15) is 0 Å². The first-order valence-corrected chi connectivity index (χ1v) is 7.22. The number of nitrogens with one attached hydrogen (secondary N) is 1. The maximum Gasteiger partial charge on any atom is 0.0764 e. The van der Waals surface area contributed by atoms with Crippen LogP contribution in [-0.2, 0) is 13.6 Å². The maximum atomic E-state index is 4.49. The molecule has 0 aliphatic carbocycles. The van der Waals surface area contributed by atoms with E-state index in [2.05, 4.69) is 28.3 Å². The molecule has 18 heavy (non-hydrogen) atoms. The zero-order chi connectivity index (χ0) is 12.8. The molecule has 102 valence electrons. The highest BCUT2D eigenvalue weighted by molar-refractivity contribution is 4.98. The molecule has 1 aromatic heterocycles. The van der Waals surface area contributed by atoms with Crippen LogP contribution in [0.2, 0.25) is 0 Å². The Morgan fingerprint density at radius 2 is 2.44 bits per heavy atom. The topological polar surface area (TPSA) is 33.1 Å². The van der Waals surface area contributed by atoms with E-state index in [1.54, 1.807) is 0 Å². The van der Waals surface area contributed by atoms with E-state index in [0.29, 0.717) is 6.04 Å². The molecule has 0 radical (unpaired) electrons. The Kier molecular flexibility index (Phi) is 5.20. The van der Waals surface area contributed by atoms with E-state index < -0.39 is 0 Å². The summed E-state index contributed by atoms with van der Waals surface area (Å²) in [6.45, 7) is 6.78. The summed E-state index contributed by atoms with van der Waals surface area (Å²) in [5, 5.41) is 8.07. The molecule has 1 fully saturated rings. The van der Waals surface area contributed by atoms with Gasteiger partial charge in [0.05, 0.1) is 5.69 Å². The van der Waals surface area contributed by atoms with Crippen LogP contribution in [0.25, 0.3) is 0 Å². The van der Waals surface area contributed by atoms with Crippen LogP contribution in [0.5, 0.6) is 0 Å². The van der Waals surface area contributed by atoms with Crippen LogP contribution >= 0.6 is 0 Å². The first kappa shape index (κ1) is 13.6. The highest BCUT2D eigenvalue weighted by Crippen LogP contribution is 2.10. The van der Waals surface area contributed by atoms with Crippen molar-refractivity contribution in [1.29, 1.82) is 0 Å². The second-order valence-corrected chi connectivity index (χ2v) is 5.36. The van der Waals surface area contributed by atoms with Crippen molar-refractivity contribution < 1.29 is 0 Å². The van der Waals surface area contributed by atoms with Crippen molar-refractivity contribution in [2.75, 3.05) is 19.6 Å². The smallest absolute Gasteiger partial charge is 0.0764 e. The molecule has 1 saturated heterocycles. The highest BCUT2D eigenvalue weighted by atomic mass is 15.3. The largest absolute Gasteiger partial charge is 0.313 e. The second-order valence-electron chi connectivity index (χ2n) is 5.36. The number of nitrogens with zero attached hydrogens (tertiary/aromatic N) is 3. The zero-order valence-corrected chi connectivity index (χ0v) is 11.7. The molecule has 1 aliphatic rings. The lowest BCUT2D eigenvalue weighted by atomic mass is 10.2. The van der Waals surface area contributed by atoms with E-state index in [1.807, 2.05) is 17.9 Å². The first-order chi connectivity index (χ1) is 8.78. The molecule has 2 rings (SSSR count). The van der Waals surface area contributed by atoms with Crippen LogP contribution in [0.3, 0.4) is 0 Å². The van der Waals surface area contributed by atoms with Gasteiger partial charge in [-0.15, -0.1) is 0 Å². The van der Waals surface area contributed by atoms with Crippen molar-refractivity contribution in [3.05, 3.63) is 18.0 Å². The zero-order valence-electron chi connectivity index (χ0n) is 11.7. The monoisotopic (exact) mass is 250 g/mol. The van der Waals surface area contributed by atoms with Gasteiger partial charge in [0.15, 0.2) is 0 Å². The summed E-state index contributed by atoms with van der Waals surface area (Å²) >= 11 is 0. The summed E-state index contributed by atoms with van der Waals surface area (Å²) in [5.74, 6) is 0. The number of unbranched alkanes of at least 4 members (excludes halogenated alkanes) is 1. The van der Waals surface area contributed by atoms with Crippen LogP contribution in [0.15, 0.2) is 12.3 Å². The fraction of sp³-hybridized carbons (Fsp3) is 0.786. The molecule has 1 unspecified atom stereocenters. The minimum Gasteiger partial charge on any atom is -0.313 e. The highest BCUT2D eigenvalue weighted by Gasteiger charge is 2.18. The molecule has 1 N–H and O–H groups in total. The second kappa shape index (κ2) is 6.90. The summed E-state index contributed by atoms with van der Waals surface area (Å²) in [7, 11) is 1.98. The Balaban J connectivity index is 1.86. The molecule has 1 atom stereocenters. The molecule has 0 saturated carbocycles. The van der Waals surface area contributed by atoms with Crippen LogP contribution in [0, 0.1) is 0 Å². The van der Waals surface area contributed by atoms with Gasteiger partial charge in [0, 0.05) is 32.4 Å². The van der Waals surface area contributed by atoms with Gasteiger partial charge in [-0.1, -0.05) is 13.3 Å². The van der Waals surface area contributed by atoms with Gasteiger partial charge in [-0.05, 0) is 38.4 Å². The van der Waals surface area contributed by atoms with Crippen molar-refractivity contribution in [3.63, 3.8) is 0 Å². The van der Waals surface area contributed by atoms with Gasteiger partial charge in [0.1, 0.15) is 0 Å². The van der Waals surface area contributed by atoms with Gasteiger partial charge in [-0.25, -0.2) is 0 Å². The quantitative estimate of drug-likeness (QED) is 0.800. The lowest BCUT2D eigenvalue weighted by Crippen LogP contribution is -2.37. The summed E-state index contributed by atoms with van der Waals surface area (Å²) in [6, 6.07) is 2.81. The molecule has 4 heteroatoms.